The third-order valence-corrected chi connectivity index (χ3v) is 2.26. The number of thiocarbonyl (C=S) groups is 1. The van der Waals surface area contributed by atoms with Gasteiger partial charge in [-0.1, -0.05) is 12.2 Å². The molecule has 0 atom stereocenters. The minimum Gasteiger partial charge on any atom is -0.487 e. The van der Waals surface area contributed by atoms with Gasteiger partial charge in [0.2, 0.25) is 10.0 Å². The highest BCUT2D eigenvalue weighted by Gasteiger charge is 2.01. The lowest BCUT2D eigenvalue weighted by atomic mass is 10.3. The van der Waals surface area contributed by atoms with Crippen LogP contribution in [0.2, 0.25) is 0 Å². The summed E-state index contributed by atoms with van der Waals surface area (Å²) in [5, 5.41) is 0. The molecule has 0 aliphatic rings. The molecule has 3 N–H and O–H groups in total. The maximum atomic E-state index is 10.9. The third-order valence-electron chi connectivity index (χ3n) is 1.54. The molecule has 1 rings (SSSR count). The predicted octanol–water partition coefficient (Wildman–Crippen LogP) is 0.723. The molecule has 88 valence electrons. The van der Waals surface area contributed by atoms with Gasteiger partial charge in [-0.05, 0) is 24.3 Å². The summed E-state index contributed by atoms with van der Waals surface area (Å²) < 4.78 is 29.4. The molecule has 0 bridgehead atoms. The fraction of sp³-hybridized carbons (Fsp3) is 0.222. The number of nitrogens with two attached hydrogens (primary N) is 1. The molecule has 0 spiro atoms. The molecule has 0 saturated carbocycles. The van der Waals surface area contributed by atoms with E-state index in [2.05, 4.69) is 16.9 Å². The van der Waals surface area contributed by atoms with Gasteiger partial charge in [0.15, 0.2) is 0 Å². The van der Waals surface area contributed by atoms with Crippen LogP contribution < -0.4 is 15.2 Å². The monoisotopic (exact) mass is 260 g/mol. The second-order valence-electron chi connectivity index (χ2n) is 3.15. The van der Waals surface area contributed by atoms with E-state index >= 15 is 0 Å². The summed E-state index contributed by atoms with van der Waals surface area (Å²) in [7, 11) is -3.25. The fourth-order valence-corrected chi connectivity index (χ4v) is 1.61. The molecule has 5 nitrogen and oxygen atoms in total. The van der Waals surface area contributed by atoms with Crippen LogP contribution in [0.4, 0.5) is 5.69 Å². The van der Waals surface area contributed by atoms with Crippen molar-refractivity contribution in [3.63, 3.8) is 0 Å². The minimum atomic E-state index is -3.25. The Kier molecular flexibility index (Phi) is 4.08. The van der Waals surface area contributed by atoms with Gasteiger partial charge in [0.25, 0.3) is 0 Å². The maximum absolute atomic E-state index is 10.9. The summed E-state index contributed by atoms with van der Waals surface area (Å²) in [4.78, 5) is 0.262. The topological polar surface area (TPSA) is 81.4 Å². The van der Waals surface area contributed by atoms with Crippen LogP contribution in [-0.2, 0) is 10.0 Å². The summed E-state index contributed by atoms with van der Waals surface area (Å²) >= 11 is 4.65. The van der Waals surface area contributed by atoms with Crippen LogP contribution in [0, 0.1) is 0 Å². The van der Waals surface area contributed by atoms with E-state index in [0.29, 0.717) is 11.4 Å². The van der Waals surface area contributed by atoms with Crippen molar-refractivity contribution in [2.75, 3.05) is 17.6 Å². The molecular weight excluding hydrogens is 248 g/mol. The van der Waals surface area contributed by atoms with Crippen molar-refractivity contribution in [2.45, 2.75) is 0 Å². The molecule has 0 aliphatic carbocycles. The largest absolute Gasteiger partial charge is 0.487 e. The summed E-state index contributed by atoms with van der Waals surface area (Å²) in [5.41, 5.74) is 5.75. The van der Waals surface area contributed by atoms with Crippen molar-refractivity contribution >= 4 is 32.9 Å². The molecule has 0 radical (unpaired) electrons. The second kappa shape index (κ2) is 5.13. The van der Waals surface area contributed by atoms with Crippen LogP contribution >= 0.6 is 12.2 Å². The van der Waals surface area contributed by atoms with E-state index in [1.807, 2.05) is 0 Å². The summed E-state index contributed by atoms with van der Waals surface area (Å²) in [6.45, 7) is 0.161. The normalized spacial score (nSPS) is 10.8. The lowest BCUT2D eigenvalue weighted by Gasteiger charge is -2.06. The van der Waals surface area contributed by atoms with Gasteiger partial charge in [-0.15, -0.1) is 0 Å². The Morgan fingerprint density at radius 2 is 2.00 bits per heavy atom. The summed E-state index contributed by atoms with van der Waals surface area (Å²) in [5.74, 6) is 0.576. The number of nitrogens with one attached hydrogen (secondary N) is 1. The van der Waals surface area contributed by atoms with Gasteiger partial charge in [0.05, 0.1) is 6.26 Å². The standard InChI is InChI=1S/C9H12N2O3S2/c1-16(12,13)11-7-2-4-8(5-3-7)14-6-9(10)15/h2-5,11H,6H2,1H3,(H2,10,15). The Morgan fingerprint density at radius 3 is 2.44 bits per heavy atom. The van der Waals surface area contributed by atoms with Crippen molar-refractivity contribution in [1.29, 1.82) is 0 Å². The molecule has 0 saturated heterocycles. The first-order chi connectivity index (χ1) is 7.37. The van der Waals surface area contributed by atoms with Gasteiger partial charge < -0.3 is 10.5 Å². The molecule has 0 heterocycles. The SMILES string of the molecule is CS(=O)(=O)Nc1ccc(OCC(N)=S)cc1. The van der Waals surface area contributed by atoms with E-state index < -0.39 is 10.0 Å². The van der Waals surface area contributed by atoms with E-state index in [4.69, 9.17) is 10.5 Å². The van der Waals surface area contributed by atoms with Crippen molar-refractivity contribution in [1.82, 2.24) is 0 Å². The first-order valence-electron chi connectivity index (χ1n) is 4.36. The highest BCUT2D eigenvalue weighted by atomic mass is 32.2. The van der Waals surface area contributed by atoms with Crippen molar-refractivity contribution in [3.05, 3.63) is 24.3 Å². The van der Waals surface area contributed by atoms with Crippen LogP contribution in [0.3, 0.4) is 0 Å². The number of anilines is 1. The van der Waals surface area contributed by atoms with Crippen LogP contribution in [0.1, 0.15) is 0 Å². The number of hydrogen-bond acceptors (Lipinski definition) is 4. The number of benzene rings is 1. The van der Waals surface area contributed by atoms with Crippen molar-refractivity contribution < 1.29 is 13.2 Å². The van der Waals surface area contributed by atoms with E-state index in [1.165, 1.54) is 0 Å². The Morgan fingerprint density at radius 1 is 1.44 bits per heavy atom. The number of sulfonamides is 1. The zero-order valence-corrected chi connectivity index (χ0v) is 10.3. The summed E-state index contributed by atoms with van der Waals surface area (Å²) in [6, 6.07) is 6.45. The van der Waals surface area contributed by atoms with Crippen LogP contribution in [-0.4, -0.2) is 26.3 Å². The fourth-order valence-electron chi connectivity index (χ4n) is 0.988. The minimum absolute atomic E-state index is 0.161. The average molecular weight is 260 g/mol. The maximum Gasteiger partial charge on any atom is 0.229 e. The zero-order chi connectivity index (χ0) is 12.2. The summed E-state index contributed by atoms with van der Waals surface area (Å²) in [6.07, 6.45) is 1.09. The highest BCUT2D eigenvalue weighted by molar-refractivity contribution is 7.92. The lowest BCUT2D eigenvalue weighted by Crippen LogP contribution is -2.17. The molecule has 1 aromatic carbocycles. The first-order valence-corrected chi connectivity index (χ1v) is 6.66. The van der Waals surface area contributed by atoms with Gasteiger partial charge >= 0.3 is 0 Å². The van der Waals surface area contributed by atoms with Crippen molar-refractivity contribution in [2.24, 2.45) is 5.73 Å². The van der Waals surface area contributed by atoms with E-state index in [9.17, 15) is 8.42 Å². The highest BCUT2D eigenvalue weighted by Crippen LogP contribution is 2.16. The molecule has 16 heavy (non-hydrogen) atoms. The predicted molar refractivity (Wildman–Crippen MR) is 67.2 cm³/mol. The van der Waals surface area contributed by atoms with Gasteiger partial charge in [-0.25, -0.2) is 8.42 Å². The Labute approximate surface area is 99.6 Å². The van der Waals surface area contributed by atoms with Crippen LogP contribution in [0.25, 0.3) is 0 Å². The van der Waals surface area contributed by atoms with Crippen LogP contribution in [0.5, 0.6) is 5.75 Å². The average Bonchev–Trinajstić information content (AvgIpc) is 2.14. The molecule has 0 unspecified atom stereocenters. The number of hydrogen-bond donors (Lipinski definition) is 2. The quantitative estimate of drug-likeness (QED) is 0.762. The third kappa shape index (κ3) is 4.94. The first kappa shape index (κ1) is 12.7. The lowest BCUT2D eigenvalue weighted by molar-refractivity contribution is 0.377. The molecule has 7 heteroatoms. The van der Waals surface area contributed by atoms with E-state index in [1.54, 1.807) is 24.3 Å². The van der Waals surface area contributed by atoms with Gasteiger partial charge in [-0.2, -0.15) is 0 Å². The molecule has 0 aromatic heterocycles. The van der Waals surface area contributed by atoms with Gasteiger partial charge in [0, 0.05) is 5.69 Å². The molecule has 1 aromatic rings. The van der Waals surface area contributed by atoms with Crippen LogP contribution in [0.15, 0.2) is 24.3 Å². The molecule has 0 fully saturated rings. The van der Waals surface area contributed by atoms with Crippen molar-refractivity contribution in [3.8, 4) is 5.75 Å². The van der Waals surface area contributed by atoms with E-state index in [-0.39, 0.29) is 11.6 Å². The second-order valence-corrected chi connectivity index (χ2v) is 5.43. The van der Waals surface area contributed by atoms with Gasteiger partial charge in [-0.3, -0.25) is 4.72 Å². The Balaban J connectivity index is 2.64. The van der Waals surface area contributed by atoms with E-state index in [0.717, 1.165) is 6.26 Å². The molecule has 0 aliphatic heterocycles. The smallest absolute Gasteiger partial charge is 0.229 e. The van der Waals surface area contributed by atoms with Gasteiger partial charge in [0.1, 0.15) is 17.3 Å². The number of ether oxygens (including phenoxy) is 1. The molecular formula is C9H12N2O3S2. The zero-order valence-electron chi connectivity index (χ0n) is 8.64. The Hall–Kier alpha value is -1.34. The Bertz CT molecular complexity index is 468. The molecule has 0 amide bonds. The number of rotatable bonds is 5.